The first-order chi connectivity index (χ1) is 12.5. The molecule has 7 heteroatoms. The molecule has 0 radical (unpaired) electrons. The molecular weight excluding hydrogens is 475 g/mol. The molecule has 3 rings (SSSR count). The maximum atomic E-state index is 6.09. The Morgan fingerprint density at radius 3 is 2.44 bits per heavy atom. The Labute approximate surface area is 185 Å². The van der Waals surface area contributed by atoms with Crippen molar-refractivity contribution in [3.63, 3.8) is 0 Å². The lowest BCUT2D eigenvalue weighted by atomic mass is 9.93. The molecule has 152 valence electrons. The minimum Gasteiger partial charge on any atom is -0.379 e. The van der Waals surface area contributed by atoms with Crippen LogP contribution in [0, 0.1) is 5.41 Å². The van der Waals surface area contributed by atoms with E-state index >= 15 is 0 Å². The lowest BCUT2D eigenvalue weighted by Gasteiger charge is -2.36. The first-order valence-electron chi connectivity index (χ1n) is 9.51. The Hall–Kier alpha value is -0.570. The van der Waals surface area contributed by atoms with Crippen molar-refractivity contribution in [2.24, 2.45) is 10.4 Å². The Kier molecular flexibility index (Phi) is 8.65. The summed E-state index contributed by atoms with van der Waals surface area (Å²) in [5.41, 5.74) is 1.64. The van der Waals surface area contributed by atoms with E-state index in [1.807, 2.05) is 19.2 Å². The average Bonchev–Trinajstić information content (AvgIpc) is 3.00. The van der Waals surface area contributed by atoms with Gasteiger partial charge in [0.05, 0.1) is 19.3 Å². The van der Waals surface area contributed by atoms with Gasteiger partial charge in [0, 0.05) is 44.8 Å². The molecule has 2 saturated heterocycles. The first-order valence-corrected chi connectivity index (χ1v) is 9.89. The van der Waals surface area contributed by atoms with Gasteiger partial charge in [-0.1, -0.05) is 37.6 Å². The van der Waals surface area contributed by atoms with Crippen LogP contribution in [0.1, 0.15) is 31.9 Å². The number of hydrogen-bond acceptors (Lipinski definition) is 3. The maximum absolute atomic E-state index is 6.09. The fourth-order valence-corrected chi connectivity index (χ4v) is 3.97. The summed E-state index contributed by atoms with van der Waals surface area (Å²) in [6, 6.07) is 8.49. The zero-order valence-corrected chi connectivity index (χ0v) is 19.7. The van der Waals surface area contributed by atoms with Crippen LogP contribution in [0.5, 0.6) is 0 Å². The molecule has 0 amide bonds. The molecule has 0 bridgehead atoms. The molecule has 1 atom stereocenters. The molecule has 2 aliphatic rings. The van der Waals surface area contributed by atoms with E-state index < -0.39 is 0 Å². The van der Waals surface area contributed by atoms with Crippen LogP contribution in [-0.2, 0) is 4.74 Å². The molecule has 2 aliphatic heterocycles. The quantitative estimate of drug-likeness (QED) is 0.385. The lowest BCUT2D eigenvalue weighted by molar-refractivity contribution is 0.0169. The van der Waals surface area contributed by atoms with Gasteiger partial charge < -0.3 is 15.0 Å². The van der Waals surface area contributed by atoms with E-state index in [4.69, 9.17) is 16.3 Å². The van der Waals surface area contributed by atoms with E-state index in [1.54, 1.807) is 0 Å². The van der Waals surface area contributed by atoms with Gasteiger partial charge in [-0.3, -0.25) is 9.89 Å². The largest absolute Gasteiger partial charge is 0.379 e. The Balaban J connectivity index is 0.00000261. The number of benzene rings is 1. The van der Waals surface area contributed by atoms with Crippen molar-refractivity contribution in [2.75, 3.05) is 53.0 Å². The Morgan fingerprint density at radius 2 is 1.89 bits per heavy atom. The van der Waals surface area contributed by atoms with E-state index in [2.05, 4.69) is 46.1 Å². The van der Waals surface area contributed by atoms with Crippen LogP contribution >= 0.6 is 35.6 Å². The standard InChI is InChI=1S/C20H31ClN4O.HI/c1-20(2)8-9-25(15-20)19(22-3)23-14-18(24-10-12-26-13-11-24)16-4-6-17(21)7-5-16;/h4-7,18H,8-15H2,1-3H3,(H,22,23);1H. The number of hydrogen-bond donors (Lipinski definition) is 1. The van der Waals surface area contributed by atoms with E-state index in [0.717, 1.165) is 56.9 Å². The molecule has 0 aliphatic carbocycles. The third-order valence-corrected chi connectivity index (χ3v) is 5.64. The van der Waals surface area contributed by atoms with Gasteiger partial charge in [0.15, 0.2) is 5.96 Å². The van der Waals surface area contributed by atoms with E-state index in [1.165, 1.54) is 12.0 Å². The highest BCUT2D eigenvalue weighted by Gasteiger charge is 2.31. The number of likely N-dealkylation sites (tertiary alicyclic amines) is 1. The molecule has 1 unspecified atom stereocenters. The molecule has 2 heterocycles. The van der Waals surface area contributed by atoms with Crippen LogP contribution in [0.3, 0.4) is 0 Å². The molecule has 27 heavy (non-hydrogen) atoms. The van der Waals surface area contributed by atoms with Crippen LogP contribution in [0.4, 0.5) is 0 Å². The second-order valence-electron chi connectivity index (χ2n) is 7.98. The number of nitrogens with one attached hydrogen (secondary N) is 1. The number of rotatable bonds is 4. The van der Waals surface area contributed by atoms with Crippen LogP contribution in [0.2, 0.25) is 5.02 Å². The van der Waals surface area contributed by atoms with Gasteiger partial charge in [-0.2, -0.15) is 0 Å². The van der Waals surface area contributed by atoms with Gasteiger partial charge >= 0.3 is 0 Å². The fourth-order valence-electron chi connectivity index (χ4n) is 3.85. The molecule has 0 saturated carbocycles. The van der Waals surface area contributed by atoms with Gasteiger partial charge in [-0.05, 0) is 29.5 Å². The van der Waals surface area contributed by atoms with Crippen LogP contribution in [0.15, 0.2) is 29.3 Å². The Bertz CT molecular complexity index is 617. The SMILES string of the molecule is CN=C(NCC(c1ccc(Cl)cc1)N1CCOCC1)N1CCC(C)(C)C1.I. The molecule has 1 aromatic rings. The van der Waals surface area contributed by atoms with Crippen molar-refractivity contribution in [1.29, 1.82) is 0 Å². The van der Waals surface area contributed by atoms with Crippen molar-refractivity contribution < 1.29 is 4.74 Å². The summed E-state index contributed by atoms with van der Waals surface area (Å²) >= 11 is 6.09. The smallest absolute Gasteiger partial charge is 0.193 e. The molecule has 1 N–H and O–H groups in total. The lowest BCUT2D eigenvalue weighted by Crippen LogP contribution is -2.47. The number of morpholine rings is 1. The summed E-state index contributed by atoms with van der Waals surface area (Å²) in [5.74, 6) is 1.00. The number of nitrogens with zero attached hydrogens (tertiary/aromatic N) is 3. The monoisotopic (exact) mass is 506 g/mol. The summed E-state index contributed by atoms with van der Waals surface area (Å²) in [6.07, 6.45) is 1.21. The van der Waals surface area contributed by atoms with Crippen molar-refractivity contribution in [2.45, 2.75) is 26.3 Å². The predicted octanol–water partition coefficient (Wildman–Crippen LogP) is 3.64. The van der Waals surface area contributed by atoms with E-state index in [0.29, 0.717) is 5.41 Å². The third-order valence-electron chi connectivity index (χ3n) is 5.38. The van der Waals surface area contributed by atoms with Crippen molar-refractivity contribution in [1.82, 2.24) is 15.1 Å². The van der Waals surface area contributed by atoms with Gasteiger partial charge in [0.1, 0.15) is 0 Å². The second-order valence-corrected chi connectivity index (χ2v) is 8.42. The van der Waals surface area contributed by atoms with Crippen molar-refractivity contribution in [3.05, 3.63) is 34.9 Å². The van der Waals surface area contributed by atoms with Gasteiger partial charge in [0.2, 0.25) is 0 Å². The van der Waals surface area contributed by atoms with Gasteiger partial charge in [-0.25, -0.2) is 0 Å². The molecule has 0 aromatic heterocycles. The topological polar surface area (TPSA) is 40.1 Å². The summed E-state index contributed by atoms with van der Waals surface area (Å²) < 4.78 is 5.54. The zero-order valence-electron chi connectivity index (χ0n) is 16.6. The van der Waals surface area contributed by atoms with Crippen LogP contribution in [0.25, 0.3) is 0 Å². The molecule has 2 fully saturated rings. The Morgan fingerprint density at radius 1 is 1.22 bits per heavy atom. The molecule has 0 spiro atoms. The predicted molar refractivity (Wildman–Crippen MR) is 123 cm³/mol. The van der Waals surface area contributed by atoms with Crippen LogP contribution in [-0.4, -0.2) is 68.7 Å². The fraction of sp³-hybridized carbons (Fsp3) is 0.650. The van der Waals surface area contributed by atoms with Gasteiger partial charge in [-0.15, -0.1) is 24.0 Å². The average molecular weight is 507 g/mol. The summed E-state index contributed by atoms with van der Waals surface area (Å²) in [4.78, 5) is 9.39. The molecule has 5 nitrogen and oxygen atoms in total. The third kappa shape index (κ3) is 6.21. The minimum atomic E-state index is 0. The molecular formula is C20H32ClIN4O. The first kappa shape index (κ1) is 22.7. The molecule has 1 aromatic carbocycles. The second kappa shape index (κ2) is 10.3. The number of halogens is 2. The number of aliphatic imine (C=N–C) groups is 1. The normalized spacial score (nSPS) is 21.6. The van der Waals surface area contributed by atoms with Crippen molar-refractivity contribution >= 4 is 41.5 Å². The van der Waals surface area contributed by atoms with Crippen LogP contribution < -0.4 is 5.32 Å². The van der Waals surface area contributed by atoms with E-state index in [-0.39, 0.29) is 30.0 Å². The highest BCUT2D eigenvalue weighted by atomic mass is 127. The highest BCUT2D eigenvalue weighted by molar-refractivity contribution is 14.0. The summed E-state index contributed by atoms with van der Waals surface area (Å²) in [7, 11) is 1.87. The minimum absolute atomic E-state index is 0. The van der Waals surface area contributed by atoms with Gasteiger partial charge in [0.25, 0.3) is 0 Å². The summed E-state index contributed by atoms with van der Waals surface area (Å²) in [5, 5.41) is 4.40. The van der Waals surface area contributed by atoms with E-state index in [9.17, 15) is 0 Å². The maximum Gasteiger partial charge on any atom is 0.193 e. The van der Waals surface area contributed by atoms with Crippen molar-refractivity contribution in [3.8, 4) is 0 Å². The highest BCUT2D eigenvalue weighted by Crippen LogP contribution is 2.29. The number of guanidine groups is 1. The summed E-state index contributed by atoms with van der Waals surface area (Å²) in [6.45, 7) is 11.1. The number of ether oxygens (including phenoxy) is 1. The zero-order chi connectivity index (χ0) is 18.6.